The smallest absolute Gasteiger partial charge is 0.228 e. The van der Waals surface area contributed by atoms with Crippen molar-refractivity contribution in [3.8, 4) is 0 Å². The van der Waals surface area contributed by atoms with Gasteiger partial charge in [-0.2, -0.15) is 0 Å². The van der Waals surface area contributed by atoms with Crippen LogP contribution in [0.25, 0.3) is 0 Å². The molecule has 3 N–H and O–H groups in total. The topological polar surface area (TPSA) is 55.1 Å². The van der Waals surface area contributed by atoms with Crippen molar-refractivity contribution in [2.24, 2.45) is 17.1 Å². The molecule has 0 aliphatic carbocycles. The summed E-state index contributed by atoms with van der Waals surface area (Å²) in [5, 5.41) is 2.90. The summed E-state index contributed by atoms with van der Waals surface area (Å²) in [7, 11) is 0. The van der Waals surface area contributed by atoms with Gasteiger partial charge in [0.1, 0.15) is 5.82 Å². The third-order valence-corrected chi connectivity index (χ3v) is 2.86. The van der Waals surface area contributed by atoms with Crippen LogP contribution < -0.4 is 11.1 Å². The molecule has 0 radical (unpaired) electrons. The van der Waals surface area contributed by atoms with Crippen LogP contribution in [0.2, 0.25) is 5.02 Å². The minimum atomic E-state index is -0.483. The number of hydrogen-bond donors (Lipinski definition) is 2. The number of nitrogens with two attached hydrogens (primary N) is 1. The standard InChI is InChI=1S/C14H20ClFN2O/c1-14(2,3)7-9(8-17)13(19)18-12-5-10(15)4-11(16)6-12/h4-6,9H,7-8,17H2,1-3H3,(H,18,19). The molecule has 0 heterocycles. The van der Waals surface area contributed by atoms with Crippen molar-refractivity contribution < 1.29 is 9.18 Å². The van der Waals surface area contributed by atoms with Crippen LogP contribution >= 0.6 is 11.6 Å². The minimum Gasteiger partial charge on any atom is -0.330 e. The van der Waals surface area contributed by atoms with Gasteiger partial charge in [-0.25, -0.2) is 4.39 Å². The summed E-state index contributed by atoms with van der Waals surface area (Å²) in [4.78, 5) is 12.1. The first kappa shape index (κ1) is 15.9. The lowest BCUT2D eigenvalue weighted by molar-refractivity contribution is -0.120. The van der Waals surface area contributed by atoms with E-state index < -0.39 is 5.82 Å². The zero-order valence-corrected chi connectivity index (χ0v) is 12.2. The second kappa shape index (κ2) is 6.35. The maximum absolute atomic E-state index is 13.2. The molecule has 5 heteroatoms. The van der Waals surface area contributed by atoms with E-state index in [-0.39, 0.29) is 28.8 Å². The zero-order valence-electron chi connectivity index (χ0n) is 11.5. The molecule has 106 valence electrons. The number of anilines is 1. The molecule has 0 spiro atoms. The fraction of sp³-hybridized carbons (Fsp3) is 0.500. The molecule has 19 heavy (non-hydrogen) atoms. The molecule has 1 aromatic rings. The van der Waals surface area contributed by atoms with E-state index in [2.05, 4.69) is 5.32 Å². The fourth-order valence-electron chi connectivity index (χ4n) is 1.89. The van der Waals surface area contributed by atoms with Gasteiger partial charge < -0.3 is 11.1 Å². The highest BCUT2D eigenvalue weighted by molar-refractivity contribution is 6.30. The van der Waals surface area contributed by atoms with Crippen LogP contribution in [0.3, 0.4) is 0 Å². The Balaban J connectivity index is 2.77. The van der Waals surface area contributed by atoms with Crippen molar-refractivity contribution in [1.82, 2.24) is 0 Å². The van der Waals surface area contributed by atoms with Crippen molar-refractivity contribution in [1.29, 1.82) is 0 Å². The number of carbonyl (C=O) groups excluding carboxylic acids is 1. The largest absolute Gasteiger partial charge is 0.330 e. The van der Waals surface area contributed by atoms with Gasteiger partial charge in [0, 0.05) is 17.3 Å². The molecule has 0 aromatic heterocycles. The number of halogens is 2. The molecular formula is C14H20ClFN2O. The zero-order chi connectivity index (χ0) is 14.6. The second-order valence-corrected chi connectivity index (χ2v) is 6.28. The summed E-state index contributed by atoms with van der Waals surface area (Å²) in [5.74, 6) is -0.996. The molecule has 3 nitrogen and oxygen atoms in total. The Bertz CT molecular complexity index is 437. The van der Waals surface area contributed by atoms with Crippen LogP contribution in [0.15, 0.2) is 18.2 Å². The molecule has 1 unspecified atom stereocenters. The molecule has 1 amide bonds. The first-order valence-electron chi connectivity index (χ1n) is 6.18. The molecule has 0 aliphatic rings. The summed E-state index contributed by atoms with van der Waals surface area (Å²) in [6, 6.07) is 3.93. The number of benzene rings is 1. The average Bonchev–Trinajstić information content (AvgIpc) is 2.22. The van der Waals surface area contributed by atoms with E-state index >= 15 is 0 Å². The summed E-state index contributed by atoms with van der Waals surface area (Å²) < 4.78 is 13.2. The van der Waals surface area contributed by atoms with Crippen LogP contribution in [-0.2, 0) is 4.79 Å². The predicted octanol–water partition coefficient (Wildman–Crippen LogP) is 3.43. The number of carbonyl (C=O) groups is 1. The lowest BCUT2D eigenvalue weighted by atomic mass is 9.84. The van der Waals surface area contributed by atoms with Crippen molar-refractivity contribution in [3.63, 3.8) is 0 Å². The van der Waals surface area contributed by atoms with Crippen LogP contribution in [0.4, 0.5) is 10.1 Å². The van der Waals surface area contributed by atoms with Gasteiger partial charge in [-0.15, -0.1) is 0 Å². The first-order valence-corrected chi connectivity index (χ1v) is 6.56. The molecule has 0 fully saturated rings. The van der Waals surface area contributed by atoms with Crippen LogP contribution in [-0.4, -0.2) is 12.5 Å². The highest BCUT2D eigenvalue weighted by Crippen LogP contribution is 2.25. The quantitative estimate of drug-likeness (QED) is 0.891. The van der Waals surface area contributed by atoms with E-state index in [1.165, 1.54) is 18.2 Å². The molecule has 1 aromatic carbocycles. The maximum atomic E-state index is 13.2. The summed E-state index contributed by atoms with van der Waals surface area (Å²) in [6.45, 7) is 6.39. The molecule has 0 saturated heterocycles. The van der Waals surface area contributed by atoms with Gasteiger partial charge in [0.2, 0.25) is 5.91 Å². The molecule has 1 atom stereocenters. The van der Waals surface area contributed by atoms with E-state index in [4.69, 9.17) is 17.3 Å². The van der Waals surface area contributed by atoms with Gasteiger partial charge in [0.25, 0.3) is 0 Å². The van der Waals surface area contributed by atoms with Gasteiger partial charge in [0.05, 0.1) is 5.92 Å². The Kier molecular flexibility index (Phi) is 5.32. The Labute approximate surface area is 118 Å². The number of rotatable bonds is 4. The summed E-state index contributed by atoms with van der Waals surface area (Å²) in [6.07, 6.45) is 0.665. The Hall–Kier alpha value is -1.13. The predicted molar refractivity (Wildman–Crippen MR) is 76.7 cm³/mol. The number of amides is 1. The van der Waals surface area contributed by atoms with Crippen LogP contribution in [0.5, 0.6) is 0 Å². The van der Waals surface area contributed by atoms with E-state index in [0.717, 1.165) is 0 Å². The molecule has 0 saturated carbocycles. The minimum absolute atomic E-state index is 0.000952. The Morgan fingerprint density at radius 1 is 1.42 bits per heavy atom. The van der Waals surface area contributed by atoms with E-state index in [0.29, 0.717) is 12.1 Å². The summed E-state index contributed by atoms with van der Waals surface area (Å²) >= 11 is 5.74. The van der Waals surface area contributed by atoms with Gasteiger partial charge in [-0.1, -0.05) is 32.4 Å². The van der Waals surface area contributed by atoms with Crippen molar-refractivity contribution >= 4 is 23.2 Å². The lowest BCUT2D eigenvalue weighted by Crippen LogP contribution is -2.32. The van der Waals surface area contributed by atoms with Gasteiger partial charge in [-0.05, 0) is 30.0 Å². The Morgan fingerprint density at radius 3 is 2.53 bits per heavy atom. The number of nitrogens with one attached hydrogen (secondary N) is 1. The van der Waals surface area contributed by atoms with Gasteiger partial charge in [-0.3, -0.25) is 4.79 Å². The normalized spacial score (nSPS) is 13.2. The SMILES string of the molecule is CC(C)(C)CC(CN)C(=O)Nc1cc(F)cc(Cl)c1. The molecule has 1 rings (SSSR count). The van der Waals surface area contributed by atoms with E-state index in [9.17, 15) is 9.18 Å². The average molecular weight is 287 g/mol. The fourth-order valence-corrected chi connectivity index (χ4v) is 2.11. The van der Waals surface area contributed by atoms with Crippen molar-refractivity contribution in [2.45, 2.75) is 27.2 Å². The maximum Gasteiger partial charge on any atom is 0.228 e. The molecular weight excluding hydrogens is 267 g/mol. The number of hydrogen-bond acceptors (Lipinski definition) is 2. The van der Waals surface area contributed by atoms with Gasteiger partial charge >= 0.3 is 0 Å². The molecule has 0 aliphatic heterocycles. The monoisotopic (exact) mass is 286 g/mol. The third kappa shape index (κ3) is 5.57. The highest BCUT2D eigenvalue weighted by Gasteiger charge is 2.23. The van der Waals surface area contributed by atoms with E-state index in [1.54, 1.807) is 0 Å². The second-order valence-electron chi connectivity index (χ2n) is 5.84. The Morgan fingerprint density at radius 2 is 2.05 bits per heavy atom. The van der Waals surface area contributed by atoms with Crippen LogP contribution in [0, 0.1) is 17.2 Å². The van der Waals surface area contributed by atoms with Crippen molar-refractivity contribution in [3.05, 3.63) is 29.0 Å². The first-order chi connectivity index (χ1) is 8.71. The molecule has 0 bridgehead atoms. The van der Waals surface area contributed by atoms with Crippen molar-refractivity contribution in [2.75, 3.05) is 11.9 Å². The van der Waals surface area contributed by atoms with Gasteiger partial charge in [0.15, 0.2) is 0 Å². The van der Waals surface area contributed by atoms with Crippen LogP contribution in [0.1, 0.15) is 27.2 Å². The lowest BCUT2D eigenvalue weighted by Gasteiger charge is -2.24. The summed E-state index contributed by atoms with van der Waals surface area (Å²) in [5.41, 5.74) is 5.98. The van der Waals surface area contributed by atoms with E-state index in [1.807, 2.05) is 20.8 Å². The highest BCUT2D eigenvalue weighted by atomic mass is 35.5. The third-order valence-electron chi connectivity index (χ3n) is 2.64.